The second-order valence-corrected chi connectivity index (χ2v) is 5.27. The average Bonchev–Trinajstić information content (AvgIpc) is 2.82. The van der Waals surface area contributed by atoms with Crippen molar-refractivity contribution in [2.45, 2.75) is 6.92 Å². The Balaban J connectivity index is 2.04. The molecule has 0 aliphatic rings. The molecule has 0 saturated carbocycles. The van der Waals surface area contributed by atoms with Crippen LogP contribution >= 0.6 is 27.5 Å². The SMILES string of the molecule is Cc1ccc(Nc2cc(Cl)nc3ncnn23)cc1Br. The Morgan fingerprint density at radius 3 is 2.95 bits per heavy atom. The number of anilines is 2. The van der Waals surface area contributed by atoms with Crippen molar-refractivity contribution in [3.63, 3.8) is 0 Å². The molecule has 7 heteroatoms. The molecule has 0 saturated heterocycles. The average molecular weight is 339 g/mol. The molecule has 19 heavy (non-hydrogen) atoms. The van der Waals surface area contributed by atoms with Crippen LogP contribution in [0.1, 0.15) is 5.56 Å². The molecule has 0 fully saturated rings. The van der Waals surface area contributed by atoms with Gasteiger partial charge in [0.1, 0.15) is 17.3 Å². The van der Waals surface area contributed by atoms with Gasteiger partial charge in [-0.2, -0.15) is 19.6 Å². The van der Waals surface area contributed by atoms with Gasteiger partial charge < -0.3 is 5.32 Å². The highest BCUT2D eigenvalue weighted by Crippen LogP contribution is 2.24. The maximum Gasteiger partial charge on any atom is 0.255 e. The summed E-state index contributed by atoms with van der Waals surface area (Å²) in [5.74, 6) is 1.17. The molecular weight excluding hydrogens is 330 g/mol. The van der Waals surface area contributed by atoms with E-state index in [2.05, 4.69) is 36.3 Å². The highest BCUT2D eigenvalue weighted by atomic mass is 79.9. The maximum absolute atomic E-state index is 5.96. The predicted molar refractivity (Wildman–Crippen MR) is 78.0 cm³/mol. The Bertz CT molecular complexity index is 755. The molecule has 0 amide bonds. The Kier molecular flexibility index (Phi) is 3.12. The van der Waals surface area contributed by atoms with Crippen LogP contribution < -0.4 is 5.32 Å². The third kappa shape index (κ3) is 2.41. The van der Waals surface area contributed by atoms with Crippen LogP contribution in [0.25, 0.3) is 5.78 Å². The van der Waals surface area contributed by atoms with E-state index in [0.29, 0.717) is 16.7 Å². The van der Waals surface area contributed by atoms with Gasteiger partial charge in [0, 0.05) is 16.2 Å². The molecule has 0 radical (unpaired) electrons. The van der Waals surface area contributed by atoms with Crippen molar-refractivity contribution in [3.05, 3.63) is 45.8 Å². The Labute approximate surface area is 122 Å². The van der Waals surface area contributed by atoms with Gasteiger partial charge in [-0.3, -0.25) is 0 Å². The predicted octanol–water partition coefficient (Wildman–Crippen LogP) is 3.59. The smallest absolute Gasteiger partial charge is 0.255 e. The first-order valence-corrected chi connectivity index (χ1v) is 6.70. The fourth-order valence-corrected chi connectivity index (χ4v) is 2.25. The number of benzene rings is 1. The van der Waals surface area contributed by atoms with Crippen molar-refractivity contribution in [2.24, 2.45) is 0 Å². The van der Waals surface area contributed by atoms with Crippen LogP contribution in [0.5, 0.6) is 0 Å². The molecule has 3 aromatic rings. The van der Waals surface area contributed by atoms with Crippen LogP contribution in [0.4, 0.5) is 11.5 Å². The lowest BCUT2D eigenvalue weighted by Crippen LogP contribution is -2.01. The molecule has 1 N–H and O–H groups in total. The van der Waals surface area contributed by atoms with E-state index in [1.807, 2.05) is 25.1 Å². The van der Waals surface area contributed by atoms with E-state index >= 15 is 0 Å². The van der Waals surface area contributed by atoms with Crippen LogP contribution in [0, 0.1) is 6.92 Å². The molecule has 0 aliphatic carbocycles. The van der Waals surface area contributed by atoms with Gasteiger partial charge in [-0.1, -0.05) is 33.6 Å². The van der Waals surface area contributed by atoms with E-state index in [1.54, 1.807) is 10.6 Å². The van der Waals surface area contributed by atoms with Crippen molar-refractivity contribution in [3.8, 4) is 0 Å². The van der Waals surface area contributed by atoms with E-state index < -0.39 is 0 Å². The van der Waals surface area contributed by atoms with Gasteiger partial charge in [0.05, 0.1) is 0 Å². The van der Waals surface area contributed by atoms with E-state index in [9.17, 15) is 0 Å². The van der Waals surface area contributed by atoms with Crippen molar-refractivity contribution in [2.75, 3.05) is 5.32 Å². The maximum atomic E-state index is 5.96. The fraction of sp³-hybridized carbons (Fsp3) is 0.0833. The quantitative estimate of drug-likeness (QED) is 0.726. The fourth-order valence-electron chi connectivity index (χ4n) is 1.69. The summed E-state index contributed by atoms with van der Waals surface area (Å²) in [5, 5.41) is 7.72. The van der Waals surface area contributed by atoms with Crippen LogP contribution in [0.15, 0.2) is 35.1 Å². The minimum Gasteiger partial charge on any atom is -0.340 e. The standard InChI is InChI=1S/C12H9BrClN5/c1-7-2-3-8(4-9(7)13)17-11-5-10(14)18-12-15-6-16-19(11)12/h2-6,17H,1H3. The van der Waals surface area contributed by atoms with Crippen molar-refractivity contribution < 1.29 is 0 Å². The molecule has 0 bridgehead atoms. The molecule has 0 unspecified atom stereocenters. The number of nitrogens with one attached hydrogen (secondary N) is 1. The van der Waals surface area contributed by atoms with Gasteiger partial charge in [-0.15, -0.1) is 0 Å². The number of aromatic nitrogens is 4. The first-order chi connectivity index (χ1) is 9.13. The molecule has 96 valence electrons. The van der Waals surface area contributed by atoms with Crippen LogP contribution in [0.3, 0.4) is 0 Å². The van der Waals surface area contributed by atoms with Crippen molar-refractivity contribution in [1.29, 1.82) is 0 Å². The molecule has 2 heterocycles. The summed E-state index contributed by atoms with van der Waals surface area (Å²) in [6, 6.07) is 7.70. The second-order valence-electron chi connectivity index (χ2n) is 4.02. The molecular formula is C12H9BrClN5. The van der Waals surface area contributed by atoms with Gasteiger partial charge in [-0.25, -0.2) is 0 Å². The van der Waals surface area contributed by atoms with Gasteiger partial charge in [0.15, 0.2) is 0 Å². The molecule has 1 aromatic carbocycles. The second kappa shape index (κ2) is 4.79. The summed E-state index contributed by atoms with van der Waals surface area (Å²) in [5.41, 5.74) is 2.10. The topological polar surface area (TPSA) is 55.1 Å². The largest absolute Gasteiger partial charge is 0.340 e. The summed E-state index contributed by atoms with van der Waals surface area (Å²) in [6.07, 6.45) is 1.44. The van der Waals surface area contributed by atoms with Crippen LogP contribution in [-0.4, -0.2) is 19.6 Å². The van der Waals surface area contributed by atoms with Crippen molar-refractivity contribution in [1.82, 2.24) is 19.6 Å². The zero-order valence-corrected chi connectivity index (χ0v) is 12.3. The monoisotopic (exact) mass is 337 g/mol. The highest BCUT2D eigenvalue weighted by Gasteiger charge is 2.07. The molecule has 0 aliphatic heterocycles. The summed E-state index contributed by atoms with van der Waals surface area (Å²) in [4.78, 5) is 8.10. The molecule has 2 aromatic heterocycles. The Morgan fingerprint density at radius 2 is 2.16 bits per heavy atom. The van der Waals surface area contributed by atoms with Gasteiger partial charge >= 0.3 is 0 Å². The number of halogens is 2. The number of hydrogen-bond donors (Lipinski definition) is 1. The first kappa shape index (κ1) is 12.4. The molecule has 5 nitrogen and oxygen atoms in total. The van der Waals surface area contributed by atoms with Crippen LogP contribution in [0.2, 0.25) is 5.15 Å². The lowest BCUT2D eigenvalue weighted by atomic mass is 10.2. The summed E-state index contributed by atoms with van der Waals surface area (Å²) < 4.78 is 2.63. The summed E-state index contributed by atoms with van der Waals surface area (Å²) >= 11 is 9.46. The van der Waals surface area contributed by atoms with Crippen molar-refractivity contribution >= 4 is 44.8 Å². The third-order valence-corrected chi connectivity index (χ3v) is 3.71. The number of fused-ring (bicyclic) bond motifs is 1. The van der Waals surface area contributed by atoms with E-state index in [-0.39, 0.29) is 0 Å². The number of hydrogen-bond acceptors (Lipinski definition) is 4. The van der Waals surface area contributed by atoms with Gasteiger partial charge in [0.25, 0.3) is 5.78 Å². The van der Waals surface area contributed by atoms with Crippen LogP contribution in [-0.2, 0) is 0 Å². The van der Waals surface area contributed by atoms with E-state index in [1.165, 1.54) is 11.9 Å². The minimum absolute atomic E-state index is 0.370. The van der Waals surface area contributed by atoms with Gasteiger partial charge in [-0.05, 0) is 24.6 Å². The third-order valence-electron chi connectivity index (χ3n) is 2.66. The molecule has 0 atom stereocenters. The lowest BCUT2D eigenvalue weighted by molar-refractivity contribution is 0.947. The number of rotatable bonds is 2. The zero-order chi connectivity index (χ0) is 13.4. The lowest BCUT2D eigenvalue weighted by Gasteiger charge is -2.09. The number of aryl methyl sites for hydroxylation is 1. The molecule has 3 rings (SSSR count). The minimum atomic E-state index is 0.370. The summed E-state index contributed by atoms with van der Waals surface area (Å²) in [7, 11) is 0. The normalized spacial score (nSPS) is 10.9. The van der Waals surface area contributed by atoms with E-state index in [0.717, 1.165) is 10.2 Å². The molecule has 0 spiro atoms. The van der Waals surface area contributed by atoms with E-state index in [4.69, 9.17) is 11.6 Å². The first-order valence-electron chi connectivity index (χ1n) is 5.53. The Hall–Kier alpha value is -1.66. The zero-order valence-electron chi connectivity index (χ0n) is 9.93. The highest BCUT2D eigenvalue weighted by molar-refractivity contribution is 9.10. The Morgan fingerprint density at radius 1 is 1.32 bits per heavy atom. The number of nitrogens with zero attached hydrogens (tertiary/aromatic N) is 4. The summed E-state index contributed by atoms with van der Waals surface area (Å²) in [6.45, 7) is 2.03. The van der Waals surface area contributed by atoms with Gasteiger partial charge in [0.2, 0.25) is 0 Å².